The van der Waals surface area contributed by atoms with E-state index in [2.05, 4.69) is 0 Å². The first-order valence-electron chi connectivity index (χ1n) is 5.97. The molecule has 1 atom stereocenters. The Labute approximate surface area is 106 Å². The molecule has 0 radical (unpaired) electrons. The number of carboxylic acid groups (broad SMARTS) is 1. The highest BCUT2D eigenvalue weighted by atomic mass is 16.4. The molecule has 0 amide bonds. The molecule has 2 rings (SSSR count). The van der Waals surface area contributed by atoms with Gasteiger partial charge in [0.05, 0.1) is 6.10 Å². The molecule has 0 aromatic heterocycles. The number of carbonyl (C=O) groups is 1. The fraction of sp³-hybridized carbons (Fsp3) is 0.267. The Morgan fingerprint density at radius 2 is 1.83 bits per heavy atom. The lowest BCUT2D eigenvalue weighted by Gasteiger charge is -2.14. The summed E-state index contributed by atoms with van der Waals surface area (Å²) in [6.07, 6.45) is -0.516. The molecule has 2 aromatic carbocycles. The Bertz CT molecular complexity index is 575. The van der Waals surface area contributed by atoms with Crippen LogP contribution in [0.2, 0.25) is 0 Å². The van der Waals surface area contributed by atoms with Gasteiger partial charge < -0.3 is 10.2 Å². The summed E-state index contributed by atoms with van der Waals surface area (Å²) in [5.41, 5.74) is 1.96. The second-order valence-electron chi connectivity index (χ2n) is 4.47. The molecule has 3 heteroatoms. The average molecular weight is 244 g/mol. The van der Waals surface area contributed by atoms with Gasteiger partial charge in [-0.1, -0.05) is 36.4 Å². The summed E-state index contributed by atoms with van der Waals surface area (Å²) in [7, 11) is 0. The fourth-order valence-electron chi connectivity index (χ4n) is 2.18. The fourth-order valence-corrected chi connectivity index (χ4v) is 2.18. The number of aliphatic hydroxyl groups is 1. The quantitative estimate of drug-likeness (QED) is 0.869. The predicted molar refractivity (Wildman–Crippen MR) is 70.5 cm³/mol. The van der Waals surface area contributed by atoms with Crippen LogP contribution in [0.25, 0.3) is 10.8 Å². The molecule has 0 bridgehead atoms. The monoisotopic (exact) mass is 244 g/mol. The van der Waals surface area contributed by atoms with Gasteiger partial charge in [-0.2, -0.15) is 0 Å². The van der Waals surface area contributed by atoms with Gasteiger partial charge in [0, 0.05) is 6.42 Å². The maximum atomic E-state index is 10.5. The highest BCUT2D eigenvalue weighted by molar-refractivity contribution is 5.88. The van der Waals surface area contributed by atoms with Gasteiger partial charge in [0.1, 0.15) is 0 Å². The molecule has 0 saturated heterocycles. The van der Waals surface area contributed by atoms with E-state index >= 15 is 0 Å². The summed E-state index contributed by atoms with van der Waals surface area (Å²) >= 11 is 0. The third kappa shape index (κ3) is 2.51. The highest BCUT2D eigenvalue weighted by Gasteiger charge is 2.13. The van der Waals surface area contributed by atoms with Crippen molar-refractivity contribution in [1.82, 2.24) is 0 Å². The number of benzene rings is 2. The van der Waals surface area contributed by atoms with Crippen LogP contribution in [0.5, 0.6) is 0 Å². The number of carboxylic acids is 1. The minimum absolute atomic E-state index is 0.0244. The van der Waals surface area contributed by atoms with E-state index in [0.29, 0.717) is 0 Å². The van der Waals surface area contributed by atoms with Gasteiger partial charge in [-0.05, 0) is 35.2 Å². The number of rotatable bonds is 4. The van der Waals surface area contributed by atoms with Crippen molar-refractivity contribution in [1.29, 1.82) is 0 Å². The molecular formula is C15H16O3. The van der Waals surface area contributed by atoms with Crippen molar-refractivity contribution in [3.63, 3.8) is 0 Å². The van der Waals surface area contributed by atoms with Crippen molar-refractivity contribution in [3.8, 4) is 0 Å². The van der Waals surface area contributed by atoms with Gasteiger partial charge in [-0.3, -0.25) is 4.79 Å². The van der Waals surface area contributed by atoms with Gasteiger partial charge in [0.25, 0.3) is 0 Å². The standard InChI is InChI=1S/C15H16O3/c1-10-6-7-13(14(16)8-9-15(17)18)12-5-3-2-4-11(10)12/h2-7,14,16H,8-9H2,1H3,(H,17,18). The van der Waals surface area contributed by atoms with Crippen molar-refractivity contribution < 1.29 is 15.0 Å². The summed E-state index contributed by atoms with van der Waals surface area (Å²) in [5, 5.41) is 20.8. The smallest absolute Gasteiger partial charge is 0.303 e. The van der Waals surface area contributed by atoms with Crippen LogP contribution in [0.1, 0.15) is 30.1 Å². The largest absolute Gasteiger partial charge is 0.481 e. The Balaban J connectivity index is 2.39. The Hall–Kier alpha value is -1.87. The van der Waals surface area contributed by atoms with Gasteiger partial charge in [0.15, 0.2) is 0 Å². The minimum Gasteiger partial charge on any atom is -0.481 e. The molecule has 0 heterocycles. The third-order valence-electron chi connectivity index (χ3n) is 3.17. The highest BCUT2D eigenvalue weighted by Crippen LogP contribution is 2.28. The maximum absolute atomic E-state index is 10.5. The Morgan fingerprint density at radius 3 is 2.50 bits per heavy atom. The Morgan fingerprint density at radius 1 is 1.17 bits per heavy atom. The van der Waals surface area contributed by atoms with Crippen LogP contribution in [0.4, 0.5) is 0 Å². The molecule has 0 aliphatic heterocycles. The normalized spacial score (nSPS) is 12.6. The van der Waals surface area contributed by atoms with E-state index < -0.39 is 12.1 Å². The van der Waals surface area contributed by atoms with Crippen LogP contribution >= 0.6 is 0 Å². The molecule has 1 unspecified atom stereocenters. The van der Waals surface area contributed by atoms with Crippen molar-refractivity contribution in [2.45, 2.75) is 25.9 Å². The van der Waals surface area contributed by atoms with Crippen LogP contribution in [0.15, 0.2) is 36.4 Å². The van der Waals surface area contributed by atoms with Crippen molar-refractivity contribution in [3.05, 3.63) is 47.5 Å². The van der Waals surface area contributed by atoms with E-state index in [-0.39, 0.29) is 12.8 Å². The van der Waals surface area contributed by atoms with Crippen LogP contribution in [-0.4, -0.2) is 16.2 Å². The number of hydrogen-bond donors (Lipinski definition) is 2. The topological polar surface area (TPSA) is 57.5 Å². The molecule has 0 aliphatic rings. The zero-order valence-electron chi connectivity index (χ0n) is 10.3. The summed E-state index contributed by atoms with van der Waals surface area (Å²) in [6, 6.07) is 11.7. The molecule has 0 saturated carbocycles. The average Bonchev–Trinajstić information content (AvgIpc) is 2.37. The van der Waals surface area contributed by atoms with Gasteiger partial charge in [-0.25, -0.2) is 0 Å². The molecule has 2 aromatic rings. The zero-order valence-corrected chi connectivity index (χ0v) is 10.3. The first kappa shape index (κ1) is 12.6. The van der Waals surface area contributed by atoms with Gasteiger partial charge >= 0.3 is 5.97 Å². The molecule has 0 fully saturated rings. The molecule has 18 heavy (non-hydrogen) atoms. The maximum Gasteiger partial charge on any atom is 0.303 e. The van der Waals surface area contributed by atoms with Gasteiger partial charge in [0.2, 0.25) is 0 Å². The summed E-state index contributed by atoms with van der Waals surface area (Å²) < 4.78 is 0. The lowest BCUT2D eigenvalue weighted by molar-refractivity contribution is -0.137. The number of hydrogen-bond acceptors (Lipinski definition) is 2. The van der Waals surface area contributed by atoms with Crippen molar-refractivity contribution in [2.75, 3.05) is 0 Å². The van der Waals surface area contributed by atoms with E-state index in [1.165, 1.54) is 0 Å². The van der Waals surface area contributed by atoms with Crippen LogP contribution in [-0.2, 0) is 4.79 Å². The van der Waals surface area contributed by atoms with E-state index in [9.17, 15) is 9.90 Å². The van der Waals surface area contributed by atoms with Crippen molar-refractivity contribution >= 4 is 16.7 Å². The second kappa shape index (κ2) is 5.19. The number of aliphatic hydroxyl groups excluding tert-OH is 1. The molecule has 94 valence electrons. The van der Waals surface area contributed by atoms with E-state index in [4.69, 9.17) is 5.11 Å². The SMILES string of the molecule is Cc1ccc(C(O)CCC(=O)O)c2ccccc12. The van der Waals surface area contributed by atoms with Crippen LogP contribution < -0.4 is 0 Å². The van der Waals surface area contributed by atoms with E-state index in [1.807, 2.05) is 43.3 Å². The summed E-state index contributed by atoms with van der Waals surface area (Å²) in [5.74, 6) is -0.884. The van der Waals surface area contributed by atoms with Crippen molar-refractivity contribution in [2.24, 2.45) is 0 Å². The minimum atomic E-state index is -0.884. The first-order valence-corrected chi connectivity index (χ1v) is 5.97. The number of fused-ring (bicyclic) bond motifs is 1. The lowest BCUT2D eigenvalue weighted by Crippen LogP contribution is -2.03. The van der Waals surface area contributed by atoms with Crippen LogP contribution in [0, 0.1) is 6.92 Å². The van der Waals surface area contributed by atoms with Crippen LogP contribution in [0.3, 0.4) is 0 Å². The molecule has 0 spiro atoms. The third-order valence-corrected chi connectivity index (χ3v) is 3.17. The number of aliphatic carboxylic acids is 1. The zero-order chi connectivity index (χ0) is 13.1. The second-order valence-corrected chi connectivity index (χ2v) is 4.47. The summed E-state index contributed by atoms with van der Waals surface area (Å²) in [4.78, 5) is 10.5. The molecule has 3 nitrogen and oxygen atoms in total. The molecule has 0 aliphatic carbocycles. The first-order chi connectivity index (χ1) is 8.59. The van der Waals surface area contributed by atoms with E-state index in [1.54, 1.807) is 0 Å². The molecular weight excluding hydrogens is 228 g/mol. The Kier molecular flexibility index (Phi) is 3.63. The predicted octanol–water partition coefficient (Wildman–Crippen LogP) is 3.05. The number of aryl methyl sites for hydroxylation is 1. The summed E-state index contributed by atoms with van der Waals surface area (Å²) in [6.45, 7) is 2.02. The van der Waals surface area contributed by atoms with Gasteiger partial charge in [-0.15, -0.1) is 0 Å². The molecule has 2 N–H and O–H groups in total. The lowest BCUT2D eigenvalue weighted by atomic mass is 9.95. The van der Waals surface area contributed by atoms with E-state index in [0.717, 1.165) is 21.9 Å².